The highest BCUT2D eigenvalue weighted by Gasteiger charge is 2.49. The summed E-state index contributed by atoms with van der Waals surface area (Å²) in [4.78, 5) is 60.2. The molecule has 0 aromatic heterocycles. The molecule has 11 nitrogen and oxygen atoms in total. The quantitative estimate of drug-likeness (QED) is 0.0790. The lowest BCUT2D eigenvalue weighted by Gasteiger charge is -2.29. The zero-order valence-electron chi connectivity index (χ0n) is 24.3. The van der Waals surface area contributed by atoms with Gasteiger partial charge >= 0.3 is 17.9 Å². The zero-order chi connectivity index (χ0) is 31.5. The Balaban J connectivity index is 2.77. The lowest BCUT2D eigenvalue weighted by atomic mass is 9.82. The number of Topliss-reactive ketones (excluding diaryl/α,β-unsaturated/α-hetero) is 1. The number of aliphatic carboxylic acids is 3. The van der Waals surface area contributed by atoms with Crippen molar-refractivity contribution < 1.29 is 49.5 Å². The summed E-state index contributed by atoms with van der Waals surface area (Å²) >= 11 is 0. The first-order valence-electron chi connectivity index (χ1n) is 14.6. The average Bonchev–Trinajstić information content (AvgIpc) is 2.92. The molecule has 1 rings (SSSR count). The van der Waals surface area contributed by atoms with E-state index in [-0.39, 0.29) is 18.0 Å². The summed E-state index contributed by atoms with van der Waals surface area (Å²) in [7, 11) is 0. The Kier molecular flexibility index (Phi) is 16.8. The minimum atomic E-state index is -3.02. The normalized spacial score (nSPS) is 14.1. The zero-order valence-corrected chi connectivity index (χ0v) is 24.3. The van der Waals surface area contributed by atoms with E-state index in [1.54, 1.807) is 0 Å². The van der Waals surface area contributed by atoms with Crippen LogP contribution in [0.25, 0.3) is 0 Å². The Bertz CT molecular complexity index is 1050. The van der Waals surface area contributed by atoms with Crippen LogP contribution in [0.2, 0.25) is 0 Å². The topological polar surface area (TPSA) is 199 Å². The summed E-state index contributed by atoms with van der Waals surface area (Å²) in [6.07, 6.45) is 11.1. The number of phenols is 1. The van der Waals surface area contributed by atoms with Crippen molar-refractivity contribution in [3.63, 3.8) is 0 Å². The standard InChI is InChI=1S/C31H45NO10/c1-2-3-4-7-10-13-23(33)14-11-8-5-6-9-12-15-25(31(42,30(40)41)21-27(35)36)28(37)32-26(29(38)39)20-22-16-18-24(34)19-17-22/h12,15-19,25-26,34,42H,2-11,13-14,20-21H2,1H3,(H,32,37)(H,35,36)(H,38,39)(H,40,41)/b15-12+/t25-,26-,31-/m0/s1. The number of carbonyl (C=O) groups is 5. The molecule has 0 spiro atoms. The Morgan fingerprint density at radius 1 is 0.857 bits per heavy atom. The van der Waals surface area contributed by atoms with Crippen LogP contribution in [0.1, 0.15) is 96.0 Å². The number of hydrogen-bond donors (Lipinski definition) is 6. The van der Waals surface area contributed by atoms with Gasteiger partial charge in [-0.3, -0.25) is 14.4 Å². The van der Waals surface area contributed by atoms with Crippen LogP contribution in [0.3, 0.4) is 0 Å². The average molecular weight is 592 g/mol. The number of phenolic OH excluding ortho intramolecular Hbond substituents is 1. The lowest BCUT2D eigenvalue weighted by Crippen LogP contribution is -2.55. The highest BCUT2D eigenvalue weighted by molar-refractivity contribution is 5.94. The minimum Gasteiger partial charge on any atom is -0.508 e. The van der Waals surface area contributed by atoms with Crippen molar-refractivity contribution in [2.45, 2.75) is 108 Å². The van der Waals surface area contributed by atoms with Gasteiger partial charge in [-0.05, 0) is 43.4 Å². The fraction of sp³-hybridized carbons (Fsp3) is 0.581. The fourth-order valence-electron chi connectivity index (χ4n) is 4.56. The molecule has 0 bridgehead atoms. The second-order valence-corrected chi connectivity index (χ2v) is 10.6. The SMILES string of the molecule is CCCCCCCC(=O)CCCCCC/C=C/[C@@H](C(=O)N[C@@H](Cc1ccc(O)cc1)C(=O)O)[C@@](O)(CC(=O)O)C(=O)O. The van der Waals surface area contributed by atoms with Gasteiger partial charge in [0.15, 0.2) is 5.60 Å². The molecule has 0 unspecified atom stereocenters. The Hall–Kier alpha value is -3.73. The number of allylic oxidation sites excluding steroid dienone is 1. The van der Waals surface area contributed by atoms with E-state index in [1.165, 1.54) is 36.8 Å². The van der Waals surface area contributed by atoms with Gasteiger partial charge in [0.1, 0.15) is 17.6 Å². The van der Waals surface area contributed by atoms with Gasteiger partial charge in [-0.1, -0.05) is 69.7 Å². The molecule has 0 aliphatic rings. The molecule has 3 atom stereocenters. The first kappa shape index (κ1) is 36.3. The fourth-order valence-corrected chi connectivity index (χ4v) is 4.56. The maximum Gasteiger partial charge on any atom is 0.337 e. The highest BCUT2D eigenvalue weighted by Crippen LogP contribution is 2.26. The second kappa shape index (κ2) is 19.4. The van der Waals surface area contributed by atoms with Crippen LogP contribution in [-0.4, -0.2) is 66.8 Å². The van der Waals surface area contributed by atoms with Gasteiger partial charge in [0.2, 0.25) is 5.91 Å². The molecular formula is C31H45NO10. The number of rotatable bonds is 23. The van der Waals surface area contributed by atoms with E-state index in [2.05, 4.69) is 12.2 Å². The van der Waals surface area contributed by atoms with E-state index in [1.807, 2.05) is 0 Å². The van der Waals surface area contributed by atoms with Gasteiger partial charge in [-0.25, -0.2) is 9.59 Å². The van der Waals surface area contributed by atoms with Crippen LogP contribution < -0.4 is 5.32 Å². The predicted molar refractivity (Wildman–Crippen MR) is 155 cm³/mol. The summed E-state index contributed by atoms with van der Waals surface area (Å²) in [5.41, 5.74) is -2.56. The Morgan fingerprint density at radius 3 is 1.95 bits per heavy atom. The molecule has 1 amide bonds. The Labute approximate surface area is 246 Å². The highest BCUT2D eigenvalue weighted by atomic mass is 16.4. The van der Waals surface area contributed by atoms with Crippen molar-refractivity contribution in [3.05, 3.63) is 42.0 Å². The summed E-state index contributed by atoms with van der Waals surface area (Å²) in [6, 6.07) is 4.07. The van der Waals surface area contributed by atoms with E-state index in [4.69, 9.17) is 0 Å². The van der Waals surface area contributed by atoms with Crippen LogP contribution in [0.15, 0.2) is 36.4 Å². The molecule has 0 aliphatic carbocycles. The van der Waals surface area contributed by atoms with Crippen LogP contribution in [0.4, 0.5) is 0 Å². The second-order valence-electron chi connectivity index (χ2n) is 10.6. The maximum absolute atomic E-state index is 13.1. The van der Waals surface area contributed by atoms with Gasteiger partial charge in [0, 0.05) is 19.3 Å². The predicted octanol–water partition coefficient (Wildman–Crippen LogP) is 4.24. The number of ketones is 1. The molecule has 11 heteroatoms. The number of nitrogens with one attached hydrogen (secondary N) is 1. The molecule has 234 valence electrons. The van der Waals surface area contributed by atoms with Gasteiger partial charge < -0.3 is 30.8 Å². The van der Waals surface area contributed by atoms with Crippen LogP contribution in [0.5, 0.6) is 5.75 Å². The van der Waals surface area contributed by atoms with Gasteiger partial charge in [0.05, 0.1) is 12.3 Å². The number of aromatic hydroxyl groups is 1. The number of aliphatic hydroxyl groups is 1. The number of carboxylic acid groups (broad SMARTS) is 3. The molecule has 0 saturated carbocycles. The summed E-state index contributed by atoms with van der Waals surface area (Å²) in [5, 5.41) is 50.9. The molecular weight excluding hydrogens is 546 g/mol. The van der Waals surface area contributed by atoms with Crippen LogP contribution in [0, 0.1) is 5.92 Å². The van der Waals surface area contributed by atoms with Gasteiger partial charge in [0.25, 0.3) is 0 Å². The van der Waals surface area contributed by atoms with E-state index < -0.39 is 47.8 Å². The molecule has 0 fully saturated rings. The van der Waals surface area contributed by atoms with Crippen molar-refractivity contribution >= 4 is 29.6 Å². The number of unbranched alkanes of at least 4 members (excludes halogenated alkanes) is 8. The van der Waals surface area contributed by atoms with Gasteiger partial charge in [-0.15, -0.1) is 0 Å². The molecule has 42 heavy (non-hydrogen) atoms. The third kappa shape index (κ3) is 13.8. The molecule has 0 saturated heterocycles. The van der Waals surface area contributed by atoms with Crippen LogP contribution >= 0.6 is 0 Å². The van der Waals surface area contributed by atoms with Crippen molar-refractivity contribution in [3.8, 4) is 5.75 Å². The Morgan fingerprint density at radius 2 is 1.43 bits per heavy atom. The van der Waals surface area contributed by atoms with Crippen molar-refractivity contribution in [2.75, 3.05) is 0 Å². The third-order valence-electron chi connectivity index (χ3n) is 7.04. The molecule has 0 aliphatic heterocycles. The molecule has 1 aromatic carbocycles. The minimum absolute atomic E-state index is 0.0401. The summed E-state index contributed by atoms with van der Waals surface area (Å²) < 4.78 is 0. The van der Waals surface area contributed by atoms with Crippen molar-refractivity contribution in [1.29, 1.82) is 0 Å². The first-order valence-corrected chi connectivity index (χ1v) is 14.6. The van der Waals surface area contributed by atoms with E-state index in [9.17, 15) is 49.5 Å². The summed E-state index contributed by atoms with van der Waals surface area (Å²) in [6.45, 7) is 2.14. The number of carboxylic acids is 3. The lowest BCUT2D eigenvalue weighted by molar-refractivity contribution is -0.172. The number of hydrogen-bond acceptors (Lipinski definition) is 7. The van der Waals surface area contributed by atoms with E-state index in [0.717, 1.165) is 51.0 Å². The molecule has 1 aromatic rings. The molecule has 0 radical (unpaired) electrons. The summed E-state index contributed by atoms with van der Waals surface area (Å²) in [5.74, 6) is -7.83. The van der Waals surface area contributed by atoms with E-state index in [0.29, 0.717) is 31.2 Å². The number of benzene rings is 1. The number of amides is 1. The van der Waals surface area contributed by atoms with Crippen molar-refractivity contribution in [1.82, 2.24) is 5.32 Å². The maximum atomic E-state index is 13.1. The first-order chi connectivity index (χ1) is 19.9. The van der Waals surface area contributed by atoms with Crippen molar-refractivity contribution in [2.24, 2.45) is 5.92 Å². The van der Waals surface area contributed by atoms with Gasteiger partial charge in [-0.2, -0.15) is 0 Å². The molecule has 0 heterocycles. The monoisotopic (exact) mass is 591 g/mol. The smallest absolute Gasteiger partial charge is 0.337 e. The molecule has 6 N–H and O–H groups in total. The third-order valence-corrected chi connectivity index (χ3v) is 7.04. The van der Waals surface area contributed by atoms with Crippen LogP contribution in [-0.2, 0) is 30.4 Å². The number of carbonyl (C=O) groups excluding carboxylic acids is 2. The largest absolute Gasteiger partial charge is 0.508 e. The van der Waals surface area contributed by atoms with E-state index >= 15 is 0 Å².